The average Bonchev–Trinajstić information content (AvgIpc) is 3.10. The van der Waals surface area contributed by atoms with Gasteiger partial charge in [0.05, 0.1) is 0 Å². The van der Waals surface area contributed by atoms with E-state index < -0.39 is 0 Å². The normalized spacial score (nSPS) is 13.6. The molecule has 0 unspecified atom stereocenters. The second kappa shape index (κ2) is 4.96. The van der Waals surface area contributed by atoms with E-state index in [-0.39, 0.29) is 0 Å². The number of rotatable bonds is 3. The lowest BCUT2D eigenvalue weighted by Gasteiger charge is -2.08. The summed E-state index contributed by atoms with van der Waals surface area (Å²) >= 11 is 0. The minimum atomic E-state index is 0.875. The molecule has 1 aromatic heterocycles. The van der Waals surface area contributed by atoms with Crippen LogP contribution in [0, 0.1) is 0 Å². The van der Waals surface area contributed by atoms with Crippen molar-refractivity contribution in [2.45, 2.75) is 25.8 Å². The average molecular weight is 276 g/mol. The summed E-state index contributed by atoms with van der Waals surface area (Å²) in [6.07, 6.45) is 6.02. The highest BCUT2D eigenvalue weighted by molar-refractivity contribution is 5.84. The third-order valence-corrected chi connectivity index (χ3v) is 4.56. The molecule has 1 heterocycles. The van der Waals surface area contributed by atoms with Gasteiger partial charge in [-0.15, -0.1) is 0 Å². The molecular formula is C19H20N2. The predicted molar refractivity (Wildman–Crippen MR) is 88.7 cm³/mol. The number of aromatic nitrogens is 1. The molecule has 2 aromatic carbocycles. The first kappa shape index (κ1) is 12.5. The highest BCUT2D eigenvalue weighted by atomic mass is 14.9. The van der Waals surface area contributed by atoms with Crippen molar-refractivity contribution in [1.82, 2.24) is 4.57 Å². The lowest BCUT2D eigenvalue weighted by atomic mass is 10.1. The van der Waals surface area contributed by atoms with E-state index in [4.69, 9.17) is 0 Å². The maximum atomic E-state index is 3.58. The van der Waals surface area contributed by atoms with Crippen LogP contribution >= 0.6 is 0 Å². The van der Waals surface area contributed by atoms with E-state index in [0.717, 1.165) is 6.54 Å². The van der Waals surface area contributed by atoms with E-state index in [2.05, 4.69) is 65.6 Å². The minimum absolute atomic E-state index is 0.875. The molecule has 1 aliphatic carbocycles. The van der Waals surface area contributed by atoms with Crippen LogP contribution in [0.15, 0.2) is 48.7 Å². The number of para-hydroxylation sites is 1. The molecule has 0 saturated heterocycles. The maximum Gasteiger partial charge on any atom is 0.0481 e. The number of nitrogens with zero attached hydrogens (tertiary/aromatic N) is 1. The Morgan fingerprint density at radius 2 is 1.90 bits per heavy atom. The third kappa shape index (κ3) is 2.21. The number of nitrogens with one attached hydrogen (secondary N) is 1. The van der Waals surface area contributed by atoms with Gasteiger partial charge in [-0.05, 0) is 54.2 Å². The summed E-state index contributed by atoms with van der Waals surface area (Å²) in [6, 6.07) is 15.4. The second-order valence-electron chi connectivity index (χ2n) is 5.97. The molecule has 2 heteroatoms. The molecule has 0 spiro atoms. The summed E-state index contributed by atoms with van der Waals surface area (Å²) in [6.45, 7) is 0.875. The van der Waals surface area contributed by atoms with E-state index >= 15 is 0 Å². The van der Waals surface area contributed by atoms with Gasteiger partial charge in [0, 0.05) is 36.4 Å². The molecule has 0 radical (unpaired) electrons. The van der Waals surface area contributed by atoms with Crippen LogP contribution in [-0.2, 0) is 26.4 Å². The number of hydrogen-bond acceptors (Lipinski definition) is 1. The number of benzene rings is 2. The van der Waals surface area contributed by atoms with Crippen LogP contribution in [0.25, 0.3) is 10.9 Å². The van der Waals surface area contributed by atoms with Crippen LogP contribution in [0.2, 0.25) is 0 Å². The Kier molecular flexibility index (Phi) is 2.95. The van der Waals surface area contributed by atoms with Crippen molar-refractivity contribution in [2.75, 3.05) is 5.32 Å². The van der Waals surface area contributed by atoms with Gasteiger partial charge in [0.25, 0.3) is 0 Å². The molecule has 4 rings (SSSR count). The molecule has 0 aliphatic heterocycles. The van der Waals surface area contributed by atoms with Gasteiger partial charge in [-0.1, -0.05) is 24.3 Å². The number of anilines is 1. The SMILES string of the molecule is Cn1cc(CNc2ccc3c(c2)CCC3)c2ccccc21. The van der Waals surface area contributed by atoms with Crippen LogP contribution in [-0.4, -0.2) is 4.57 Å². The van der Waals surface area contributed by atoms with Crippen molar-refractivity contribution in [3.63, 3.8) is 0 Å². The van der Waals surface area contributed by atoms with Gasteiger partial charge in [0.2, 0.25) is 0 Å². The highest BCUT2D eigenvalue weighted by Gasteiger charge is 2.11. The van der Waals surface area contributed by atoms with Crippen molar-refractivity contribution in [3.05, 3.63) is 65.4 Å². The fraction of sp³-hybridized carbons (Fsp3) is 0.263. The minimum Gasteiger partial charge on any atom is -0.381 e. The third-order valence-electron chi connectivity index (χ3n) is 4.56. The van der Waals surface area contributed by atoms with Gasteiger partial charge in [-0.3, -0.25) is 0 Å². The van der Waals surface area contributed by atoms with Gasteiger partial charge < -0.3 is 9.88 Å². The van der Waals surface area contributed by atoms with Crippen LogP contribution in [0.4, 0.5) is 5.69 Å². The fourth-order valence-electron chi connectivity index (χ4n) is 3.45. The molecule has 106 valence electrons. The Balaban J connectivity index is 1.58. The predicted octanol–water partition coefficient (Wildman–Crippen LogP) is 4.28. The summed E-state index contributed by atoms with van der Waals surface area (Å²) in [5.74, 6) is 0. The Morgan fingerprint density at radius 3 is 2.86 bits per heavy atom. The first-order valence-corrected chi connectivity index (χ1v) is 7.70. The zero-order chi connectivity index (χ0) is 14.2. The molecule has 0 saturated carbocycles. The largest absolute Gasteiger partial charge is 0.381 e. The Labute approximate surface area is 125 Å². The molecule has 3 aromatic rings. The van der Waals surface area contributed by atoms with Crippen molar-refractivity contribution in [1.29, 1.82) is 0 Å². The van der Waals surface area contributed by atoms with Crippen molar-refractivity contribution in [3.8, 4) is 0 Å². The van der Waals surface area contributed by atoms with Crippen molar-refractivity contribution in [2.24, 2.45) is 7.05 Å². The molecule has 0 atom stereocenters. The standard InChI is InChI=1S/C19H20N2/c1-21-13-16(18-7-2-3-8-19(18)21)12-20-17-10-9-14-5-4-6-15(14)11-17/h2-3,7-11,13,20H,4-6,12H2,1H3. The Bertz CT molecular complexity index is 798. The molecule has 1 N–H and O–H groups in total. The van der Waals surface area contributed by atoms with E-state index in [1.54, 1.807) is 0 Å². The van der Waals surface area contributed by atoms with E-state index in [1.165, 1.54) is 52.5 Å². The maximum absolute atomic E-state index is 3.58. The smallest absolute Gasteiger partial charge is 0.0481 e. The first-order chi connectivity index (χ1) is 10.3. The van der Waals surface area contributed by atoms with Gasteiger partial charge in [-0.25, -0.2) is 0 Å². The van der Waals surface area contributed by atoms with Gasteiger partial charge in [0.1, 0.15) is 0 Å². The van der Waals surface area contributed by atoms with Crippen LogP contribution in [0.3, 0.4) is 0 Å². The van der Waals surface area contributed by atoms with E-state index in [1.807, 2.05) is 0 Å². The summed E-state index contributed by atoms with van der Waals surface area (Å²) in [7, 11) is 2.11. The number of fused-ring (bicyclic) bond motifs is 2. The Morgan fingerprint density at radius 1 is 1.05 bits per heavy atom. The molecule has 0 bridgehead atoms. The molecule has 1 aliphatic rings. The van der Waals surface area contributed by atoms with Crippen molar-refractivity contribution < 1.29 is 0 Å². The topological polar surface area (TPSA) is 17.0 Å². The number of aryl methyl sites for hydroxylation is 3. The lowest BCUT2D eigenvalue weighted by molar-refractivity contribution is 0.912. The Hall–Kier alpha value is -2.22. The molecule has 0 amide bonds. The van der Waals surface area contributed by atoms with E-state index in [0.29, 0.717) is 0 Å². The van der Waals surface area contributed by atoms with Crippen LogP contribution in [0.5, 0.6) is 0 Å². The lowest BCUT2D eigenvalue weighted by Crippen LogP contribution is -1.99. The molecule has 2 nitrogen and oxygen atoms in total. The fourth-order valence-corrected chi connectivity index (χ4v) is 3.45. The van der Waals surface area contributed by atoms with Crippen LogP contribution in [0.1, 0.15) is 23.1 Å². The second-order valence-corrected chi connectivity index (χ2v) is 5.97. The van der Waals surface area contributed by atoms with Crippen molar-refractivity contribution >= 4 is 16.6 Å². The van der Waals surface area contributed by atoms with E-state index in [9.17, 15) is 0 Å². The zero-order valence-electron chi connectivity index (χ0n) is 12.4. The van der Waals surface area contributed by atoms with Gasteiger partial charge >= 0.3 is 0 Å². The quantitative estimate of drug-likeness (QED) is 0.755. The summed E-state index contributed by atoms with van der Waals surface area (Å²) in [5.41, 5.74) is 6.95. The monoisotopic (exact) mass is 276 g/mol. The van der Waals surface area contributed by atoms with Crippen LogP contribution < -0.4 is 5.32 Å². The first-order valence-electron chi connectivity index (χ1n) is 7.70. The summed E-state index contributed by atoms with van der Waals surface area (Å²) in [5, 5.41) is 4.92. The van der Waals surface area contributed by atoms with Gasteiger partial charge in [0.15, 0.2) is 0 Å². The molecule has 21 heavy (non-hydrogen) atoms. The molecular weight excluding hydrogens is 256 g/mol. The number of hydrogen-bond donors (Lipinski definition) is 1. The summed E-state index contributed by atoms with van der Waals surface area (Å²) < 4.78 is 2.20. The molecule has 0 fully saturated rings. The summed E-state index contributed by atoms with van der Waals surface area (Å²) in [4.78, 5) is 0. The highest BCUT2D eigenvalue weighted by Crippen LogP contribution is 2.26. The zero-order valence-corrected chi connectivity index (χ0v) is 12.4. The van der Waals surface area contributed by atoms with Gasteiger partial charge in [-0.2, -0.15) is 0 Å².